The van der Waals surface area contributed by atoms with Crippen LogP contribution < -0.4 is 0 Å². The summed E-state index contributed by atoms with van der Waals surface area (Å²) < 4.78 is 0. The number of carbonyl (C=O) groups is 2. The minimum atomic E-state index is -0.786. The van der Waals surface area contributed by atoms with Crippen LogP contribution in [-0.2, 0) is 4.79 Å². The van der Waals surface area contributed by atoms with Crippen LogP contribution in [0.1, 0.15) is 34.3 Å². The molecule has 4 nitrogen and oxygen atoms in total. The summed E-state index contributed by atoms with van der Waals surface area (Å²) in [6, 6.07) is 5.79. The average Bonchev–Trinajstić information content (AvgIpc) is 2.75. The summed E-state index contributed by atoms with van der Waals surface area (Å²) in [5, 5.41) is 8.79. The van der Waals surface area contributed by atoms with E-state index in [0.29, 0.717) is 13.1 Å². The van der Waals surface area contributed by atoms with Gasteiger partial charge in [0, 0.05) is 25.1 Å². The molecular formula is C15H19NO3. The van der Waals surface area contributed by atoms with Gasteiger partial charge in [0.25, 0.3) is 5.91 Å². The van der Waals surface area contributed by atoms with E-state index in [1.807, 2.05) is 32.0 Å². The van der Waals surface area contributed by atoms with E-state index in [1.54, 1.807) is 4.90 Å². The second-order valence-electron chi connectivity index (χ2n) is 5.32. The lowest BCUT2D eigenvalue weighted by Crippen LogP contribution is -2.29. The number of nitrogens with zero attached hydrogens (tertiary/aromatic N) is 1. The van der Waals surface area contributed by atoms with Crippen LogP contribution in [0.25, 0.3) is 0 Å². The third-order valence-corrected chi connectivity index (χ3v) is 3.65. The summed E-state index contributed by atoms with van der Waals surface area (Å²) in [5.74, 6) is -0.677. The van der Waals surface area contributed by atoms with Crippen LogP contribution in [0.15, 0.2) is 18.2 Å². The Bertz CT molecular complexity index is 510. The van der Waals surface area contributed by atoms with E-state index in [4.69, 9.17) is 5.11 Å². The fraction of sp³-hybridized carbons (Fsp3) is 0.467. The van der Waals surface area contributed by atoms with Crippen molar-refractivity contribution in [3.8, 4) is 0 Å². The maximum atomic E-state index is 12.4. The molecule has 1 atom stereocenters. The van der Waals surface area contributed by atoms with Gasteiger partial charge in [-0.25, -0.2) is 0 Å². The van der Waals surface area contributed by atoms with Gasteiger partial charge < -0.3 is 10.0 Å². The Hall–Kier alpha value is -1.84. The number of hydrogen-bond acceptors (Lipinski definition) is 2. The third kappa shape index (κ3) is 3.13. The minimum Gasteiger partial charge on any atom is -0.481 e. The van der Waals surface area contributed by atoms with Crippen molar-refractivity contribution in [2.45, 2.75) is 26.7 Å². The van der Waals surface area contributed by atoms with Crippen LogP contribution in [0.2, 0.25) is 0 Å². The van der Waals surface area contributed by atoms with Crippen molar-refractivity contribution in [1.82, 2.24) is 4.90 Å². The number of rotatable bonds is 3. The second-order valence-corrected chi connectivity index (χ2v) is 5.32. The molecule has 4 heteroatoms. The molecule has 0 aromatic heterocycles. The van der Waals surface area contributed by atoms with Crippen LogP contribution in [0.5, 0.6) is 0 Å². The highest BCUT2D eigenvalue weighted by molar-refractivity contribution is 5.95. The van der Waals surface area contributed by atoms with E-state index in [1.165, 1.54) is 0 Å². The Balaban J connectivity index is 2.07. The molecule has 1 aromatic rings. The van der Waals surface area contributed by atoms with Gasteiger partial charge in [0.2, 0.25) is 0 Å². The molecule has 1 aromatic carbocycles. The predicted octanol–water partition coefficient (Wildman–Crippen LogP) is 2.24. The molecule has 0 bridgehead atoms. The molecular weight excluding hydrogens is 242 g/mol. The monoisotopic (exact) mass is 261 g/mol. The molecule has 0 saturated carbocycles. The van der Waals surface area contributed by atoms with Crippen molar-refractivity contribution in [2.24, 2.45) is 5.92 Å². The van der Waals surface area contributed by atoms with E-state index < -0.39 is 5.97 Å². The summed E-state index contributed by atoms with van der Waals surface area (Å²) in [5.41, 5.74) is 2.84. The first-order valence-electron chi connectivity index (χ1n) is 6.55. The van der Waals surface area contributed by atoms with E-state index >= 15 is 0 Å². The first-order valence-corrected chi connectivity index (χ1v) is 6.55. The van der Waals surface area contributed by atoms with Crippen molar-refractivity contribution < 1.29 is 14.7 Å². The Morgan fingerprint density at radius 2 is 2.11 bits per heavy atom. The van der Waals surface area contributed by atoms with Crippen molar-refractivity contribution >= 4 is 11.9 Å². The number of carboxylic acids is 1. The third-order valence-electron chi connectivity index (χ3n) is 3.65. The first-order chi connectivity index (χ1) is 8.97. The van der Waals surface area contributed by atoms with Gasteiger partial charge in [0.15, 0.2) is 0 Å². The quantitative estimate of drug-likeness (QED) is 0.907. The lowest BCUT2D eigenvalue weighted by Gasteiger charge is -2.17. The van der Waals surface area contributed by atoms with Crippen molar-refractivity contribution in [1.29, 1.82) is 0 Å². The molecule has 1 aliphatic rings. The zero-order valence-corrected chi connectivity index (χ0v) is 11.3. The predicted molar refractivity (Wildman–Crippen MR) is 72.2 cm³/mol. The Kier molecular flexibility index (Phi) is 3.88. The fourth-order valence-electron chi connectivity index (χ4n) is 2.65. The molecule has 1 amide bonds. The highest BCUT2D eigenvalue weighted by atomic mass is 16.4. The number of aryl methyl sites for hydroxylation is 2. The van der Waals surface area contributed by atoms with Crippen LogP contribution in [0, 0.1) is 19.8 Å². The van der Waals surface area contributed by atoms with Crippen molar-refractivity contribution in [3.63, 3.8) is 0 Å². The number of amides is 1. The van der Waals surface area contributed by atoms with E-state index in [-0.39, 0.29) is 18.2 Å². The van der Waals surface area contributed by atoms with Crippen molar-refractivity contribution in [3.05, 3.63) is 34.9 Å². The van der Waals surface area contributed by atoms with E-state index in [0.717, 1.165) is 23.1 Å². The molecule has 1 fully saturated rings. The molecule has 1 aliphatic heterocycles. The van der Waals surface area contributed by atoms with E-state index in [2.05, 4.69) is 0 Å². The maximum absolute atomic E-state index is 12.4. The van der Waals surface area contributed by atoms with Gasteiger partial charge in [0.05, 0.1) is 0 Å². The standard InChI is InChI=1S/C15H19NO3/c1-10-3-4-13(11(2)7-10)15(19)16-6-5-12(9-16)8-14(17)18/h3-4,7,12H,5-6,8-9H2,1-2H3,(H,17,18). The molecule has 102 valence electrons. The normalized spacial score (nSPS) is 18.6. The molecule has 0 aliphatic carbocycles. The van der Waals surface area contributed by atoms with Crippen LogP contribution >= 0.6 is 0 Å². The van der Waals surface area contributed by atoms with Crippen LogP contribution in [-0.4, -0.2) is 35.0 Å². The summed E-state index contributed by atoms with van der Waals surface area (Å²) in [6.07, 6.45) is 0.930. The summed E-state index contributed by atoms with van der Waals surface area (Å²) in [4.78, 5) is 24.8. The zero-order chi connectivity index (χ0) is 14.0. The molecule has 1 N–H and O–H groups in total. The highest BCUT2D eigenvalue weighted by Crippen LogP contribution is 2.22. The van der Waals surface area contributed by atoms with Crippen molar-refractivity contribution in [2.75, 3.05) is 13.1 Å². The fourth-order valence-corrected chi connectivity index (χ4v) is 2.65. The Morgan fingerprint density at radius 3 is 2.74 bits per heavy atom. The van der Waals surface area contributed by atoms with Gasteiger partial charge in [-0.2, -0.15) is 0 Å². The summed E-state index contributed by atoms with van der Waals surface area (Å²) in [6.45, 7) is 5.15. The lowest BCUT2D eigenvalue weighted by molar-refractivity contribution is -0.138. The number of aliphatic carboxylic acids is 1. The lowest BCUT2D eigenvalue weighted by atomic mass is 10.0. The van der Waals surface area contributed by atoms with Crippen LogP contribution in [0.4, 0.5) is 0 Å². The molecule has 1 saturated heterocycles. The highest BCUT2D eigenvalue weighted by Gasteiger charge is 2.28. The van der Waals surface area contributed by atoms with Crippen LogP contribution in [0.3, 0.4) is 0 Å². The molecule has 19 heavy (non-hydrogen) atoms. The molecule has 0 radical (unpaired) electrons. The molecule has 0 spiro atoms. The average molecular weight is 261 g/mol. The van der Waals surface area contributed by atoms with E-state index in [9.17, 15) is 9.59 Å². The van der Waals surface area contributed by atoms with Gasteiger partial charge >= 0.3 is 5.97 Å². The Labute approximate surface area is 113 Å². The minimum absolute atomic E-state index is 0.0189. The summed E-state index contributed by atoms with van der Waals surface area (Å²) in [7, 11) is 0. The van der Waals surface area contributed by atoms with Gasteiger partial charge in [-0.3, -0.25) is 9.59 Å². The number of carbonyl (C=O) groups excluding carboxylic acids is 1. The molecule has 2 rings (SSSR count). The topological polar surface area (TPSA) is 57.6 Å². The number of hydrogen-bond donors (Lipinski definition) is 1. The van der Waals surface area contributed by atoms with Gasteiger partial charge in [-0.15, -0.1) is 0 Å². The van der Waals surface area contributed by atoms with Gasteiger partial charge in [-0.1, -0.05) is 17.7 Å². The second kappa shape index (κ2) is 5.43. The summed E-state index contributed by atoms with van der Waals surface area (Å²) >= 11 is 0. The Morgan fingerprint density at radius 1 is 1.37 bits per heavy atom. The van der Waals surface area contributed by atoms with Gasteiger partial charge in [-0.05, 0) is 37.8 Å². The first kappa shape index (κ1) is 13.6. The number of carboxylic acid groups (broad SMARTS) is 1. The smallest absolute Gasteiger partial charge is 0.303 e. The zero-order valence-electron chi connectivity index (χ0n) is 11.3. The molecule has 1 heterocycles. The number of likely N-dealkylation sites (tertiary alicyclic amines) is 1. The van der Waals surface area contributed by atoms with Gasteiger partial charge in [0.1, 0.15) is 0 Å². The maximum Gasteiger partial charge on any atom is 0.303 e. The SMILES string of the molecule is Cc1ccc(C(=O)N2CCC(CC(=O)O)C2)c(C)c1. The molecule has 1 unspecified atom stereocenters. The number of benzene rings is 1. The largest absolute Gasteiger partial charge is 0.481 e.